The van der Waals surface area contributed by atoms with Gasteiger partial charge >= 0.3 is 0 Å². The zero-order valence-corrected chi connectivity index (χ0v) is 14.7. The normalized spacial score (nSPS) is 10.7. The molecule has 21 heavy (non-hydrogen) atoms. The van der Waals surface area contributed by atoms with E-state index in [1.807, 2.05) is 12.1 Å². The molecule has 0 radical (unpaired) electrons. The van der Waals surface area contributed by atoms with Crippen molar-refractivity contribution in [1.29, 1.82) is 0 Å². The van der Waals surface area contributed by atoms with E-state index in [9.17, 15) is 0 Å². The van der Waals surface area contributed by atoms with Gasteiger partial charge in [0.1, 0.15) is 17.4 Å². The van der Waals surface area contributed by atoms with E-state index in [4.69, 9.17) is 27.9 Å². The zero-order chi connectivity index (χ0) is 15.2. The van der Waals surface area contributed by atoms with E-state index < -0.39 is 0 Å². The molecule has 112 valence electrons. The molecule has 2 aromatic carbocycles. The number of benzene rings is 2. The van der Waals surface area contributed by atoms with Gasteiger partial charge < -0.3 is 10.1 Å². The molecule has 0 spiro atoms. The van der Waals surface area contributed by atoms with Crippen molar-refractivity contribution >= 4 is 39.1 Å². The Bertz CT molecular complexity index is 619. The third-order valence-corrected chi connectivity index (χ3v) is 4.54. The van der Waals surface area contributed by atoms with E-state index in [1.54, 1.807) is 6.07 Å². The Morgan fingerprint density at radius 3 is 2.71 bits per heavy atom. The van der Waals surface area contributed by atoms with Gasteiger partial charge in [-0.25, -0.2) is 0 Å². The molecule has 2 rings (SSSR count). The van der Waals surface area contributed by atoms with Gasteiger partial charge in [-0.1, -0.05) is 64.3 Å². The van der Waals surface area contributed by atoms with Crippen LogP contribution >= 0.6 is 39.1 Å². The van der Waals surface area contributed by atoms with Crippen molar-refractivity contribution in [3.63, 3.8) is 0 Å². The van der Waals surface area contributed by atoms with Crippen LogP contribution < -0.4 is 10.1 Å². The van der Waals surface area contributed by atoms with Crippen LogP contribution in [0.25, 0.3) is 0 Å². The molecule has 0 heterocycles. The molecule has 0 bridgehead atoms. The first kappa shape index (κ1) is 16.6. The van der Waals surface area contributed by atoms with Crippen molar-refractivity contribution in [3.05, 3.63) is 62.0 Å². The second-order valence-corrected chi connectivity index (χ2v) is 6.19. The molecule has 0 aliphatic rings. The quantitative estimate of drug-likeness (QED) is 0.710. The van der Waals surface area contributed by atoms with Gasteiger partial charge in [-0.3, -0.25) is 0 Å². The smallest absolute Gasteiger partial charge is 0.139 e. The van der Waals surface area contributed by atoms with Gasteiger partial charge in [0, 0.05) is 16.6 Å². The minimum atomic E-state index is 0.433. The number of hydrogen-bond donors (Lipinski definition) is 1. The Morgan fingerprint density at radius 2 is 2.00 bits per heavy atom. The second kappa shape index (κ2) is 8.04. The second-order valence-electron chi connectivity index (χ2n) is 4.55. The van der Waals surface area contributed by atoms with Crippen LogP contribution in [-0.2, 0) is 13.2 Å². The van der Waals surface area contributed by atoms with Crippen LogP contribution in [0.2, 0.25) is 10.0 Å². The summed E-state index contributed by atoms with van der Waals surface area (Å²) in [4.78, 5) is 0. The summed E-state index contributed by atoms with van der Waals surface area (Å²) in [5.41, 5.74) is 2.29. The van der Waals surface area contributed by atoms with E-state index in [0.717, 1.165) is 23.1 Å². The van der Waals surface area contributed by atoms with E-state index in [2.05, 4.69) is 46.4 Å². The molecule has 0 aromatic heterocycles. The average Bonchev–Trinajstić information content (AvgIpc) is 2.48. The highest BCUT2D eigenvalue weighted by atomic mass is 79.9. The number of halogens is 3. The summed E-state index contributed by atoms with van der Waals surface area (Å²) in [7, 11) is 0. The number of nitrogens with one attached hydrogen (secondary N) is 1. The maximum Gasteiger partial charge on any atom is 0.139 e. The molecule has 2 aromatic rings. The molecule has 2 nitrogen and oxygen atoms in total. The fraction of sp³-hybridized carbons (Fsp3) is 0.250. The predicted octanol–water partition coefficient (Wildman–Crippen LogP) is 5.44. The summed E-state index contributed by atoms with van der Waals surface area (Å²) in [6, 6.07) is 11.6. The third kappa shape index (κ3) is 4.62. The number of rotatable bonds is 6. The van der Waals surface area contributed by atoms with Crippen molar-refractivity contribution < 1.29 is 4.74 Å². The molecule has 0 saturated carbocycles. The van der Waals surface area contributed by atoms with E-state index in [0.29, 0.717) is 22.4 Å². The molecule has 1 N–H and O–H groups in total. The van der Waals surface area contributed by atoms with Crippen molar-refractivity contribution in [2.75, 3.05) is 6.54 Å². The lowest BCUT2D eigenvalue weighted by atomic mass is 10.1. The molecule has 0 fully saturated rings. The number of ether oxygens (including phenoxy) is 1. The minimum Gasteiger partial charge on any atom is -0.487 e. The Labute approximate surface area is 143 Å². The first-order chi connectivity index (χ1) is 10.1. The standard InChI is InChI=1S/C16H16BrCl2NO/c1-2-20-9-11-6-7-12(13(17)8-11)10-21-15-5-3-4-14(18)16(15)19/h3-8,20H,2,9-10H2,1H3. The summed E-state index contributed by atoms with van der Waals surface area (Å²) in [6.07, 6.45) is 0. The lowest BCUT2D eigenvalue weighted by molar-refractivity contribution is 0.305. The minimum absolute atomic E-state index is 0.433. The van der Waals surface area contributed by atoms with E-state index >= 15 is 0 Å². The molecule has 0 aliphatic carbocycles. The molecule has 0 unspecified atom stereocenters. The van der Waals surface area contributed by atoms with E-state index in [-0.39, 0.29) is 0 Å². The summed E-state index contributed by atoms with van der Waals surface area (Å²) in [6.45, 7) is 4.33. The highest BCUT2D eigenvalue weighted by Gasteiger charge is 2.07. The molecule has 5 heteroatoms. The molecule has 0 saturated heterocycles. The maximum absolute atomic E-state index is 6.10. The van der Waals surface area contributed by atoms with Crippen LogP contribution in [0.4, 0.5) is 0 Å². The van der Waals surface area contributed by atoms with Crippen LogP contribution in [-0.4, -0.2) is 6.54 Å². The Morgan fingerprint density at radius 1 is 1.19 bits per heavy atom. The van der Waals surface area contributed by atoms with Gasteiger partial charge in [0.15, 0.2) is 0 Å². The molecule has 0 amide bonds. The highest BCUT2D eigenvalue weighted by Crippen LogP contribution is 2.32. The Kier molecular flexibility index (Phi) is 6.37. The van der Waals surface area contributed by atoms with Crippen LogP contribution in [0.5, 0.6) is 5.75 Å². The maximum atomic E-state index is 6.10. The molecular weight excluding hydrogens is 373 g/mol. The average molecular weight is 389 g/mol. The first-order valence-corrected chi connectivity index (χ1v) is 8.21. The van der Waals surface area contributed by atoms with Crippen molar-refractivity contribution in [3.8, 4) is 5.75 Å². The topological polar surface area (TPSA) is 21.3 Å². The van der Waals surface area contributed by atoms with Crippen LogP contribution in [0.15, 0.2) is 40.9 Å². The van der Waals surface area contributed by atoms with Crippen molar-refractivity contribution in [2.24, 2.45) is 0 Å². The van der Waals surface area contributed by atoms with Crippen LogP contribution in [0.3, 0.4) is 0 Å². The van der Waals surface area contributed by atoms with Gasteiger partial charge in [-0.2, -0.15) is 0 Å². The summed E-state index contributed by atoms with van der Waals surface area (Å²) >= 11 is 15.7. The van der Waals surface area contributed by atoms with Crippen molar-refractivity contribution in [2.45, 2.75) is 20.1 Å². The summed E-state index contributed by atoms with van der Waals surface area (Å²) in [5, 5.41) is 4.24. The third-order valence-electron chi connectivity index (χ3n) is 3.00. The molecular formula is C16H16BrCl2NO. The van der Waals surface area contributed by atoms with Gasteiger partial charge in [0.05, 0.1) is 5.02 Å². The fourth-order valence-corrected chi connectivity index (χ4v) is 2.73. The zero-order valence-electron chi connectivity index (χ0n) is 11.6. The highest BCUT2D eigenvalue weighted by molar-refractivity contribution is 9.10. The van der Waals surface area contributed by atoms with Crippen LogP contribution in [0, 0.1) is 0 Å². The lowest BCUT2D eigenvalue weighted by Gasteiger charge is -2.11. The van der Waals surface area contributed by atoms with Gasteiger partial charge in [0.2, 0.25) is 0 Å². The van der Waals surface area contributed by atoms with Gasteiger partial charge in [-0.05, 0) is 30.3 Å². The van der Waals surface area contributed by atoms with Gasteiger partial charge in [0.25, 0.3) is 0 Å². The molecule has 0 aliphatic heterocycles. The molecule has 0 atom stereocenters. The Balaban J connectivity index is 2.04. The summed E-state index contributed by atoms with van der Waals surface area (Å²) < 4.78 is 6.77. The number of hydrogen-bond acceptors (Lipinski definition) is 2. The van der Waals surface area contributed by atoms with E-state index in [1.165, 1.54) is 5.56 Å². The lowest BCUT2D eigenvalue weighted by Crippen LogP contribution is -2.11. The first-order valence-electron chi connectivity index (χ1n) is 6.66. The Hall–Kier alpha value is -0.740. The fourth-order valence-electron chi connectivity index (χ4n) is 1.84. The van der Waals surface area contributed by atoms with Crippen LogP contribution in [0.1, 0.15) is 18.1 Å². The predicted molar refractivity (Wildman–Crippen MR) is 92.3 cm³/mol. The SMILES string of the molecule is CCNCc1ccc(COc2cccc(Cl)c2Cl)c(Br)c1. The van der Waals surface area contributed by atoms with Gasteiger partial charge in [-0.15, -0.1) is 0 Å². The summed E-state index contributed by atoms with van der Waals surface area (Å²) in [5.74, 6) is 0.591. The largest absolute Gasteiger partial charge is 0.487 e. The monoisotopic (exact) mass is 387 g/mol. The van der Waals surface area contributed by atoms with Crippen molar-refractivity contribution in [1.82, 2.24) is 5.32 Å².